The molecule has 0 bridgehead atoms. The van der Waals surface area contributed by atoms with Crippen LogP contribution < -0.4 is 11.1 Å². The molecule has 0 unspecified atom stereocenters. The van der Waals surface area contributed by atoms with Gasteiger partial charge in [-0.25, -0.2) is 0 Å². The molecule has 0 aliphatic carbocycles. The summed E-state index contributed by atoms with van der Waals surface area (Å²) in [7, 11) is 0. The largest absolute Gasteiger partial charge is 0.352 e. The molecular formula is C17H28N4O. The summed E-state index contributed by atoms with van der Waals surface area (Å²) in [4.78, 5) is 17.0. The van der Waals surface area contributed by atoms with E-state index < -0.39 is 0 Å². The third-order valence-electron chi connectivity index (χ3n) is 4.30. The Morgan fingerprint density at radius 1 is 1.14 bits per heavy atom. The van der Waals surface area contributed by atoms with Gasteiger partial charge in [-0.05, 0) is 37.2 Å². The lowest BCUT2D eigenvalue weighted by atomic mass is 10.1. The van der Waals surface area contributed by atoms with Gasteiger partial charge in [0.05, 0.1) is 0 Å². The topological polar surface area (TPSA) is 61.6 Å². The van der Waals surface area contributed by atoms with Gasteiger partial charge in [0.25, 0.3) is 5.91 Å². The maximum Gasteiger partial charge on any atom is 0.251 e. The Balaban J connectivity index is 1.62. The van der Waals surface area contributed by atoms with Crippen molar-refractivity contribution in [2.45, 2.75) is 19.9 Å². The van der Waals surface area contributed by atoms with Crippen LogP contribution in [0, 0.1) is 0 Å². The van der Waals surface area contributed by atoms with Crippen LogP contribution in [0.4, 0.5) is 0 Å². The number of carbonyl (C=O) groups is 1. The van der Waals surface area contributed by atoms with E-state index in [1.807, 2.05) is 24.3 Å². The third kappa shape index (κ3) is 5.09. The second-order valence-electron chi connectivity index (χ2n) is 5.79. The van der Waals surface area contributed by atoms with Crippen molar-refractivity contribution in [3.63, 3.8) is 0 Å². The lowest BCUT2D eigenvalue weighted by Crippen LogP contribution is -2.46. The van der Waals surface area contributed by atoms with E-state index in [2.05, 4.69) is 22.0 Å². The maximum absolute atomic E-state index is 12.0. The summed E-state index contributed by atoms with van der Waals surface area (Å²) >= 11 is 0. The van der Waals surface area contributed by atoms with E-state index in [0.717, 1.165) is 57.8 Å². The van der Waals surface area contributed by atoms with Gasteiger partial charge < -0.3 is 20.9 Å². The normalized spacial score (nSPS) is 16.6. The van der Waals surface area contributed by atoms with Crippen LogP contribution in [0.25, 0.3) is 0 Å². The number of piperazine rings is 1. The molecule has 122 valence electrons. The number of amides is 1. The van der Waals surface area contributed by atoms with E-state index >= 15 is 0 Å². The van der Waals surface area contributed by atoms with Crippen LogP contribution in [0.3, 0.4) is 0 Å². The molecule has 0 saturated carbocycles. The summed E-state index contributed by atoms with van der Waals surface area (Å²) in [5.74, 6) is -0.000580. The number of hydrogen-bond donors (Lipinski definition) is 2. The fourth-order valence-corrected chi connectivity index (χ4v) is 2.73. The molecule has 1 aromatic carbocycles. The molecule has 1 saturated heterocycles. The Hall–Kier alpha value is -1.43. The molecule has 1 fully saturated rings. The minimum atomic E-state index is -0.000580. The fourth-order valence-electron chi connectivity index (χ4n) is 2.73. The van der Waals surface area contributed by atoms with E-state index in [9.17, 15) is 4.79 Å². The molecule has 0 aromatic heterocycles. The van der Waals surface area contributed by atoms with E-state index in [0.29, 0.717) is 12.1 Å². The van der Waals surface area contributed by atoms with Gasteiger partial charge in [-0.15, -0.1) is 0 Å². The Morgan fingerprint density at radius 3 is 2.36 bits per heavy atom. The summed E-state index contributed by atoms with van der Waals surface area (Å²) in [6.07, 6.45) is 0.999. The summed E-state index contributed by atoms with van der Waals surface area (Å²) < 4.78 is 0. The molecule has 2 rings (SSSR count). The SMILES string of the molecule is CCN1CCN(CCCNC(=O)c2ccc(CN)cc2)CC1. The summed E-state index contributed by atoms with van der Waals surface area (Å²) in [5, 5.41) is 2.99. The smallest absolute Gasteiger partial charge is 0.251 e. The number of nitrogens with zero attached hydrogens (tertiary/aromatic N) is 2. The molecule has 5 nitrogen and oxygen atoms in total. The molecule has 1 heterocycles. The van der Waals surface area contributed by atoms with Gasteiger partial charge in [0, 0.05) is 44.8 Å². The van der Waals surface area contributed by atoms with Crippen LogP contribution in [0.5, 0.6) is 0 Å². The number of nitrogens with two attached hydrogens (primary N) is 1. The maximum atomic E-state index is 12.0. The molecule has 1 aliphatic rings. The van der Waals surface area contributed by atoms with Crippen molar-refractivity contribution in [3.8, 4) is 0 Å². The standard InChI is InChI=1S/C17H28N4O/c1-2-20-10-12-21(13-11-20)9-3-8-19-17(22)16-6-4-15(14-18)5-7-16/h4-7H,2-3,8-14,18H2,1H3,(H,19,22). The molecule has 5 heteroatoms. The second kappa shape index (κ2) is 8.88. The number of hydrogen-bond acceptors (Lipinski definition) is 4. The predicted octanol–water partition coefficient (Wildman–Crippen LogP) is 0.903. The van der Waals surface area contributed by atoms with Gasteiger partial charge in [-0.2, -0.15) is 0 Å². The highest BCUT2D eigenvalue weighted by Crippen LogP contribution is 2.04. The Labute approximate surface area is 133 Å². The van der Waals surface area contributed by atoms with E-state index in [-0.39, 0.29) is 5.91 Å². The lowest BCUT2D eigenvalue weighted by molar-refractivity contribution is 0.0948. The number of likely N-dealkylation sites (N-methyl/N-ethyl adjacent to an activating group) is 1. The van der Waals surface area contributed by atoms with Gasteiger partial charge in [0.15, 0.2) is 0 Å². The van der Waals surface area contributed by atoms with Crippen LogP contribution in [0.1, 0.15) is 29.3 Å². The minimum Gasteiger partial charge on any atom is -0.352 e. The average molecular weight is 304 g/mol. The van der Waals surface area contributed by atoms with Crippen molar-refractivity contribution in [1.82, 2.24) is 15.1 Å². The van der Waals surface area contributed by atoms with E-state index in [1.54, 1.807) is 0 Å². The first-order valence-electron chi connectivity index (χ1n) is 8.25. The first kappa shape index (κ1) is 16.9. The Morgan fingerprint density at radius 2 is 1.77 bits per heavy atom. The van der Waals surface area contributed by atoms with Crippen molar-refractivity contribution in [2.24, 2.45) is 5.73 Å². The summed E-state index contributed by atoms with van der Waals surface area (Å²) in [5.41, 5.74) is 7.30. The van der Waals surface area contributed by atoms with Crippen LogP contribution in [0.15, 0.2) is 24.3 Å². The molecule has 0 radical (unpaired) electrons. The van der Waals surface area contributed by atoms with Gasteiger partial charge >= 0.3 is 0 Å². The molecular weight excluding hydrogens is 276 g/mol. The highest BCUT2D eigenvalue weighted by atomic mass is 16.1. The number of benzene rings is 1. The zero-order valence-corrected chi connectivity index (χ0v) is 13.6. The van der Waals surface area contributed by atoms with Gasteiger partial charge in [0.1, 0.15) is 0 Å². The Kier molecular flexibility index (Phi) is 6.83. The van der Waals surface area contributed by atoms with Crippen molar-refractivity contribution in [1.29, 1.82) is 0 Å². The van der Waals surface area contributed by atoms with Gasteiger partial charge in [0.2, 0.25) is 0 Å². The zero-order valence-electron chi connectivity index (χ0n) is 13.6. The predicted molar refractivity (Wildman–Crippen MR) is 89.8 cm³/mol. The first-order valence-corrected chi connectivity index (χ1v) is 8.25. The van der Waals surface area contributed by atoms with Crippen LogP contribution >= 0.6 is 0 Å². The monoisotopic (exact) mass is 304 g/mol. The lowest BCUT2D eigenvalue weighted by Gasteiger charge is -2.33. The van der Waals surface area contributed by atoms with Crippen molar-refractivity contribution < 1.29 is 4.79 Å². The first-order chi connectivity index (χ1) is 10.7. The zero-order chi connectivity index (χ0) is 15.8. The summed E-state index contributed by atoms with van der Waals surface area (Å²) in [6, 6.07) is 7.48. The van der Waals surface area contributed by atoms with Crippen LogP contribution in [-0.4, -0.2) is 61.5 Å². The van der Waals surface area contributed by atoms with E-state index in [4.69, 9.17) is 5.73 Å². The second-order valence-corrected chi connectivity index (χ2v) is 5.79. The Bertz CT molecular complexity index is 452. The molecule has 0 atom stereocenters. The van der Waals surface area contributed by atoms with Crippen molar-refractivity contribution >= 4 is 5.91 Å². The number of nitrogens with one attached hydrogen (secondary N) is 1. The number of carbonyl (C=O) groups excluding carboxylic acids is 1. The van der Waals surface area contributed by atoms with Crippen molar-refractivity contribution in [2.75, 3.05) is 45.8 Å². The van der Waals surface area contributed by atoms with E-state index in [1.165, 1.54) is 0 Å². The van der Waals surface area contributed by atoms with Gasteiger partial charge in [-0.1, -0.05) is 19.1 Å². The quantitative estimate of drug-likeness (QED) is 0.735. The third-order valence-corrected chi connectivity index (χ3v) is 4.30. The molecule has 0 spiro atoms. The average Bonchev–Trinajstić information content (AvgIpc) is 2.59. The summed E-state index contributed by atoms with van der Waals surface area (Å²) in [6.45, 7) is 10.3. The minimum absolute atomic E-state index is 0.000580. The fraction of sp³-hybridized carbons (Fsp3) is 0.588. The van der Waals surface area contributed by atoms with Crippen molar-refractivity contribution in [3.05, 3.63) is 35.4 Å². The van der Waals surface area contributed by atoms with Crippen LogP contribution in [-0.2, 0) is 6.54 Å². The number of rotatable bonds is 7. The molecule has 3 N–H and O–H groups in total. The van der Waals surface area contributed by atoms with Crippen LogP contribution in [0.2, 0.25) is 0 Å². The molecule has 22 heavy (non-hydrogen) atoms. The highest BCUT2D eigenvalue weighted by Gasteiger charge is 2.14. The molecule has 1 aromatic rings. The molecule has 1 aliphatic heterocycles. The molecule has 1 amide bonds. The highest BCUT2D eigenvalue weighted by molar-refractivity contribution is 5.94. The van der Waals surface area contributed by atoms with Gasteiger partial charge in [-0.3, -0.25) is 4.79 Å².